The molecule has 0 aliphatic carbocycles. The number of H-pyrrole nitrogens is 1. The largest absolute Gasteiger partial charge is 0.351 e. The van der Waals surface area contributed by atoms with Crippen molar-refractivity contribution in [3.05, 3.63) is 66.0 Å². The lowest BCUT2D eigenvalue weighted by molar-refractivity contribution is 0.0918. The number of rotatable bonds is 4. The quantitative estimate of drug-likeness (QED) is 0.591. The van der Waals surface area contributed by atoms with Crippen molar-refractivity contribution in [1.82, 2.24) is 24.9 Å². The third kappa shape index (κ3) is 2.81. The van der Waals surface area contributed by atoms with Gasteiger partial charge in [0.1, 0.15) is 11.5 Å². The van der Waals surface area contributed by atoms with Crippen molar-refractivity contribution in [1.29, 1.82) is 0 Å². The summed E-state index contributed by atoms with van der Waals surface area (Å²) in [5.74, 6) is 0.172. The summed E-state index contributed by atoms with van der Waals surface area (Å²) in [5, 5.41) is 12.1. The number of halogens is 1. The maximum Gasteiger partial charge on any atom is 0.268 e. The summed E-state index contributed by atoms with van der Waals surface area (Å²) in [6, 6.07) is 11.4. The van der Waals surface area contributed by atoms with E-state index in [0.717, 1.165) is 5.65 Å². The maximum atomic E-state index is 13.4. The molecule has 1 aromatic carbocycles. The van der Waals surface area contributed by atoms with Crippen molar-refractivity contribution >= 4 is 22.5 Å². The number of nitrogens with one attached hydrogen (secondary N) is 2. The molecule has 1 amide bonds. The number of hydrogen-bond acceptors (Lipinski definition) is 3. The number of hydrogen-bond donors (Lipinski definition) is 2. The van der Waals surface area contributed by atoms with Crippen molar-refractivity contribution in [3.63, 3.8) is 0 Å². The second-order valence-corrected chi connectivity index (χ2v) is 6.60. The molecule has 6 nitrogen and oxygen atoms in total. The van der Waals surface area contributed by atoms with E-state index in [-0.39, 0.29) is 23.7 Å². The van der Waals surface area contributed by atoms with Gasteiger partial charge in [0.15, 0.2) is 11.5 Å². The lowest BCUT2D eigenvalue weighted by Gasteiger charge is -2.20. The Morgan fingerprint density at radius 2 is 2.04 bits per heavy atom. The molecule has 26 heavy (non-hydrogen) atoms. The SMILES string of the molecule is CC(C)[C@H](NC(=O)c1cc2cc(F)ccc2[nH]1)c1nnc2ccccn12. The molecule has 4 aromatic rings. The number of pyridine rings is 1. The fourth-order valence-corrected chi connectivity index (χ4v) is 3.05. The van der Waals surface area contributed by atoms with Crippen LogP contribution >= 0.6 is 0 Å². The zero-order chi connectivity index (χ0) is 18.3. The molecular weight excluding hydrogens is 333 g/mol. The van der Waals surface area contributed by atoms with Crippen LogP contribution in [0.5, 0.6) is 0 Å². The maximum absolute atomic E-state index is 13.4. The normalized spacial score (nSPS) is 12.8. The Balaban J connectivity index is 1.66. The molecule has 7 heteroatoms. The van der Waals surface area contributed by atoms with Crippen LogP contribution in [0, 0.1) is 11.7 Å². The predicted octanol–water partition coefficient (Wildman–Crippen LogP) is 3.48. The second-order valence-electron chi connectivity index (χ2n) is 6.60. The van der Waals surface area contributed by atoms with Crippen LogP contribution in [0.3, 0.4) is 0 Å². The minimum Gasteiger partial charge on any atom is -0.351 e. The molecule has 2 N–H and O–H groups in total. The van der Waals surface area contributed by atoms with Crippen molar-refractivity contribution in [2.45, 2.75) is 19.9 Å². The summed E-state index contributed by atoms with van der Waals surface area (Å²) in [7, 11) is 0. The summed E-state index contributed by atoms with van der Waals surface area (Å²) in [5.41, 5.74) is 1.82. The predicted molar refractivity (Wildman–Crippen MR) is 96.3 cm³/mol. The van der Waals surface area contributed by atoms with Gasteiger partial charge in [-0.25, -0.2) is 4.39 Å². The Kier molecular flexibility index (Phi) is 3.91. The Labute approximate surface area is 149 Å². The molecule has 0 unspecified atom stereocenters. The lowest BCUT2D eigenvalue weighted by Crippen LogP contribution is -2.33. The fraction of sp³-hybridized carbons (Fsp3) is 0.211. The van der Waals surface area contributed by atoms with E-state index in [9.17, 15) is 9.18 Å². The number of benzene rings is 1. The summed E-state index contributed by atoms with van der Waals surface area (Å²) in [6.45, 7) is 4.02. The van der Waals surface area contributed by atoms with E-state index in [1.165, 1.54) is 12.1 Å². The van der Waals surface area contributed by atoms with Crippen LogP contribution in [0.1, 0.15) is 36.2 Å². The first-order valence-corrected chi connectivity index (χ1v) is 8.42. The first-order chi connectivity index (χ1) is 12.5. The summed E-state index contributed by atoms with van der Waals surface area (Å²) in [6.07, 6.45) is 1.87. The number of nitrogens with zero attached hydrogens (tertiary/aromatic N) is 3. The monoisotopic (exact) mass is 351 g/mol. The second kappa shape index (κ2) is 6.25. The molecule has 0 saturated carbocycles. The van der Waals surface area contributed by atoms with Gasteiger partial charge in [-0.15, -0.1) is 10.2 Å². The summed E-state index contributed by atoms with van der Waals surface area (Å²) in [4.78, 5) is 15.8. The Hall–Kier alpha value is -3.22. The number of carbonyl (C=O) groups excluding carboxylic acids is 1. The number of fused-ring (bicyclic) bond motifs is 2. The van der Waals surface area contributed by atoms with Gasteiger partial charge in [0.25, 0.3) is 5.91 Å². The molecule has 4 rings (SSSR count). The fourth-order valence-electron chi connectivity index (χ4n) is 3.05. The Morgan fingerprint density at radius 3 is 2.85 bits per heavy atom. The molecule has 1 atom stereocenters. The van der Waals surface area contributed by atoms with Crippen LogP contribution < -0.4 is 5.32 Å². The number of carbonyl (C=O) groups is 1. The van der Waals surface area contributed by atoms with E-state index in [2.05, 4.69) is 20.5 Å². The van der Waals surface area contributed by atoms with Crippen LogP contribution in [0.25, 0.3) is 16.6 Å². The number of aromatic amines is 1. The molecule has 3 heterocycles. The molecule has 3 aromatic heterocycles. The highest BCUT2D eigenvalue weighted by atomic mass is 19.1. The van der Waals surface area contributed by atoms with E-state index < -0.39 is 0 Å². The van der Waals surface area contributed by atoms with Gasteiger partial charge in [-0.3, -0.25) is 9.20 Å². The standard InChI is InChI=1S/C19H18FN5O/c1-11(2)17(18-24-23-16-5-3-4-8-25(16)18)22-19(26)15-10-12-9-13(20)6-7-14(12)21-15/h3-11,17,21H,1-2H3,(H,22,26)/t17-/m0/s1. The molecule has 0 spiro atoms. The van der Waals surface area contributed by atoms with E-state index in [4.69, 9.17) is 0 Å². The summed E-state index contributed by atoms with van der Waals surface area (Å²) < 4.78 is 15.2. The van der Waals surface area contributed by atoms with E-state index >= 15 is 0 Å². The van der Waals surface area contributed by atoms with Crippen LogP contribution in [0.2, 0.25) is 0 Å². The van der Waals surface area contributed by atoms with Crippen molar-refractivity contribution in [3.8, 4) is 0 Å². The van der Waals surface area contributed by atoms with Crippen LogP contribution in [0.15, 0.2) is 48.7 Å². The molecule has 0 fully saturated rings. The zero-order valence-corrected chi connectivity index (χ0v) is 14.4. The first-order valence-electron chi connectivity index (χ1n) is 8.42. The van der Waals surface area contributed by atoms with E-state index in [1.54, 1.807) is 12.1 Å². The Bertz CT molecular complexity index is 1100. The van der Waals surface area contributed by atoms with E-state index in [0.29, 0.717) is 22.4 Å². The van der Waals surface area contributed by atoms with Gasteiger partial charge in [-0.1, -0.05) is 19.9 Å². The highest BCUT2D eigenvalue weighted by Gasteiger charge is 2.24. The molecule has 0 aliphatic heterocycles. The highest BCUT2D eigenvalue weighted by Crippen LogP contribution is 2.22. The average Bonchev–Trinajstić information content (AvgIpc) is 3.23. The lowest BCUT2D eigenvalue weighted by atomic mass is 10.0. The zero-order valence-electron chi connectivity index (χ0n) is 14.4. The third-order valence-corrected chi connectivity index (χ3v) is 4.40. The molecule has 0 bridgehead atoms. The van der Waals surface area contributed by atoms with Gasteiger partial charge in [0.2, 0.25) is 0 Å². The average molecular weight is 351 g/mol. The molecule has 0 radical (unpaired) electrons. The van der Waals surface area contributed by atoms with Crippen LogP contribution in [0.4, 0.5) is 4.39 Å². The van der Waals surface area contributed by atoms with Gasteiger partial charge in [-0.05, 0) is 42.3 Å². The number of aromatic nitrogens is 4. The van der Waals surface area contributed by atoms with Crippen LogP contribution in [-0.4, -0.2) is 25.5 Å². The minimum atomic E-state index is -0.335. The van der Waals surface area contributed by atoms with E-state index in [1.807, 2.05) is 42.6 Å². The topological polar surface area (TPSA) is 75.1 Å². The van der Waals surface area contributed by atoms with Gasteiger partial charge in [0, 0.05) is 17.1 Å². The Morgan fingerprint density at radius 1 is 1.19 bits per heavy atom. The van der Waals surface area contributed by atoms with Crippen LogP contribution in [-0.2, 0) is 0 Å². The van der Waals surface area contributed by atoms with Crippen molar-refractivity contribution in [2.24, 2.45) is 5.92 Å². The van der Waals surface area contributed by atoms with Gasteiger partial charge < -0.3 is 10.3 Å². The molecular formula is C19H18FN5O. The highest BCUT2D eigenvalue weighted by molar-refractivity contribution is 5.98. The van der Waals surface area contributed by atoms with Crippen molar-refractivity contribution in [2.75, 3.05) is 0 Å². The van der Waals surface area contributed by atoms with Gasteiger partial charge >= 0.3 is 0 Å². The summed E-state index contributed by atoms with van der Waals surface area (Å²) >= 11 is 0. The van der Waals surface area contributed by atoms with Gasteiger partial charge in [-0.2, -0.15) is 0 Å². The molecule has 0 saturated heterocycles. The van der Waals surface area contributed by atoms with Crippen molar-refractivity contribution < 1.29 is 9.18 Å². The minimum absolute atomic E-state index is 0.105. The smallest absolute Gasteiger partial charge is 0.268 e. The van der Waals surface area contributed by atoms with Gasteiger partial charge in [0.05, 0.1) is 6.04 Å². The first kappa shape index (κ1) is 16.3. The molecule has 0 aliphatic rings. The third-order valence-electron chi connectivity index (χ3n) is 4.40. The number of amides is 1. The molecule has 132 valence electrons.